The summed E-state index contributed by atoms with van der Waals surface area (Å²) in [6.07, 6.45) is 8.03. The number of nitrogens with one attached hydrogen (secondary N) is 2. The van der Waals surface area contributed by atoms with E-state index in [1.165, 1.54) is 30.8 Å². The number of likely N-dealkylation sites (tertiary alicyclic amines) is 1. The molecule has 3 aromatic rings. The van der Waals surface area contributed by atoms with Gasteiger partial charge in [0.2, 0.25) is 0 Å². The van der Waals surface area contributed by atoms with Gasteiger partial charge in [-0.25, -0.2) is 9.67 Å². The Bertz CT molecular complexity index is 899. The normalized spacial score (nSPS) is 16.1. The number of aliphatic imine (C=N–C) groups is 1. The number of rotatable bonds is 7. The van der Waals surface area contributed by atoms with Crippen LogP contribution in [0.5, 0.6) is 0 Å². The van der Waals surface area contributed by atoms with Gasteiger partial charge >= 0.3 is 0 Å². The van der Waals surface area contributed by atoms with Crippen LogP contribution in [0, 0.1) is 0 Å². The molecule has 0 saturated carbocycles. The predicted octanol–water partition coefficient (Wildman–Crippen LogP) is 2.83. The Balaban J connectivity index is 1.35. The minimum Gasteiger partial charge on any atom is -0.354 e. The maximum Gasteiger partial charge on any atom is 0.191 e. The lowest BCUT2D eigenvalue weighted by molar-refractivity contribution is 0.249. The highest BCUT2D eigenvalue weighted by molar-refractivity contribution is 7.10. The first-order valence-corrected chi connectivity index (χ1v) is 10.9. The molecule has 152 valence electrons. The Morgan fingerprint density at radius 2 is 2.10 bits per heavy atom. The van der Waals surface area contributed by atoms with Crippen LogP contribution in [0.2, 0.25) is 0 Å². The van der Waals surface area contributed by atoms with Gasteiger partial charge in [0, 0.05) is 43.6 Å². The van der Waals surface area contributed by atoms with E-state index >= 15 is 0 Å². The second-order valence-electron chi connectivity index (χ2n) is 7.05. The molecule has 3 aromatic heterocycles. The maximum absolute atomic E-state index is 4.40. The molecule has 1 aliphatic heterocycles. The molecule has 1 fully saturated rings. The van der Waals surface area contributed by atoms with Gasteiger partial charge in [-0.05, 0) is 61.1 Å². The molecule has 2 N–H and O–H groups in total. The van der Waals surface area contributed by atoms with Crippen LogP contribution in [0.4, 0.5) is 0 Å². The largest absolute Gasteiger partial charge is 0.354 e. The standard InChI is InChI=1S/C21H27N7S/c1-22-21(24-15-17-7-9-23-20(14-17)28-12-5-8-26-28)25-16-18(19-6-4-13-29-19)27-10-2-3-11-27/h4-9,12-14,18H,2-3,10-11,15-16H2,1H3,(H2,22,24,25). The number of hydrogen-bond donors (Lipinski definition) is 2. The van der Waals surface area contributed by atoms with Crippen LogP contribution in [0.15, 0.2) is 59.3 Å². The van der Waals surface area contributed by atoms with Gasteiger partial charge in [-0.3, -0.25) is 9.89 Å². The molecule has 29 heavy (non-hydrogen) atoms. The third kappa shape index (κ3) is 5.02. The van der Waals surface area contributed by atoms with Gasteiger partial charge in [-0.15, -0.1) is 11.3 Å². The maximum atomic E-state index is 4.40. The molecule has 0 radical (unpaired) electrons. The summed E-state index contributed by atoms with van der Waals surface area (Å²) >= 11 is 1.83. The second-order valence-corrected chi connectivity index (χ2v) is 8.03. The fourth-order valence-corrected chi connectivity index (χ4v) is 4.50. The van der Waals surface area contributed by atoms with Crippen LogP contribution >= 0.6 is 11.3 Å². The Kier molecular flexibility index (Phi) is 6.53. The average molecular weight is 410 g/mol. The Morgan fingerprint density at radius 1 is 1.21 bits per heavy atom. The third-order valence-electron chi connectivity index (χ3n) is 5.15. The average Bonchev–Trinajstić information content (AvgIpc) is 3.54. The minimum absolute atomic E-state index is 0.392. The van der Waals surface area contributed by atoms with Gasteiger partial charge in [0.1, 0.15) is 0 Å². The number of thiophene rings is 1. The van der Waals surface area contributed by atoms with E-state index < -0.39 is 0 Å². The molecule has 4 rings (SSSR count). The molecular weight excluding hydrogens is 382 g/mol. The summed E-state index contributed by atoms with van der Waals surface area (Å²) in [6.45, 7) is 3.85. The Labute approximate surface area is 175 Å². The molecule has 1 saturated heterocycles. The summed E-state index contributed by atoms with van der Waals surface area (Å²) in [5.74, 6) is 1.62. The number of guanidine groups is 1. The lowest BCUT2D eigenvalue weighted by atomic mass is 10.2. The second kappa shape index (κ2) is 9.67. The summed E-state index contributed by atoms with van der Waals surface area (Å²) in [5, 5.41) is 13.3. The first kappa shape index (κ1) is 19.6. The van der Waals surface area contributed by atoms with Crippen molar-refractivity contribution in [3.63, 3.8) is 0 Å². The van der Waals surface area contributed by atoms with E-state index in [2.05, 4.69) is 48.1 Å². The first-order chi connectivity index (χ1) is 14.3. The van der Waals surface area contributed by atoms with Crippen molar-refractivity contribution < 1.29 is 0 Å². The third-order valence-corrected chi connectivity index (χ3v) is 6.12. The van der Waals surface area contributed by atoms with E-state index in [1.54, 1.807) is 10.9 Å². The molecule has 0 bridgehead atoms. The molecule has 0 amide bonds. The zero-order valence-corrected chi connectivity index (χ0v) is 17.5. The van der Waals surface area contributed by atoms with Gasteiger partial charge in [0.15, 0.2) is 11.8 Å². The van der Waals surface area contributed by atoms with Crippen molar-refractivity contribution in [1.82, 2.24) is 30.3 Å². The van der Waals surface area contributed by atoms with E-state index in [0.29, 0.717) is 12.6 Å². The van der Waals surface area contributed by atoms with Crippen molar-refractivity contribution >= 4 is 17.3 Å². The summed E-state index contributed by atoms with van der Waals surface area (Å²) < 4.78 is 1.76. The molecule has 0 aromatic carbocycles. The zero-order chi connectivity index (χ0) is 19.9. The van der Waals surface area contributed by atoms with E-state index in [0.717, 1.165) is 23.9 Å². The molecule has 1 unspecified atom stereocenters. The molecule has 4 heterocycles. The Morgan fingerprint density at radius 3 is 2.83 bits per heavy atom. The van der Waals surface area contributed by atoms with Crippen LogP contribution in [-0.4, -0.2) is 52.3 Å². The van der Waals surface area contributed by atoms with Crippen molar-refractivity contribution in [2.45, 2.75) is 25.4 Å². The van der Waals surface area contributed by atoms with E-state index in [9.17, 15) is 0 Å². The van der Waals surface area contributed by atoms with Crippen molar-refractivity contribution in [2.75, 3.05) is 26.7 Å². The number of pyridine rings is 1. The number of hydrogen-bond acceptors (Lipinski definition) is 5. The van der Waals surface area contributed by atoms with Gasteiger partial charge in [0.05, 0.1) is 6.04 Å². The van der Waals surface area contributed by atoms with Gasteiger partial charge in [-0.1, -0.05) is 6.07 Å². The van der Waals surface area contributed by atoms with E-state index in [1.807, 2.05) is 49.0 Å². The lowest BCUT2D eigenvalue weighted by Crippen LogP contribution is -2.42. The summed E-state index contributed by atoms with van der Waals surface area (Å²) in [6, 6.07) is 10.7. The SMILES string of the molecule is CN=C(NCc1ccnc(-n2cccn2)c1)NCC(c1cccs1)N1CCCC1. The van der Waals surface area contributed by atoms with Crippen LogP contribution < -0.4 is 10.6 Å². The predicted molar refractivity (Wildman–Crippen MR) is 117 cm³/mol. The van der Waals surface area contributed by atoms with Crippen LogP contribution in [0.1, 0.15) is 29.3 Å². The van der Waals surface area contributed by atoms with E-state index in [4.69, 9.17) is 0 Å². The van der Waals surface area contributed by atoms with Gasteiger partial charge < -0.3 is 10.6 Å². The quantitative estimate of drug-likeness (QED) is 0.464. The number of nitrogens with zero attached hydrogens (tertiary/aromatic N) is 5. The van der Waals surface area contributed by atoms with Gasteiger partial charge in [0.25, 0.3) is 0 Å². The smallest absolute Gasteiger partial charge is 0.191 e. The monoisotopic (exact) mass is 409 g/mol. The van der Waals surface area contributed by atoms with E-state index in [-0.39, 0.29) is 0 Å². The Hall–Kier alpha value is -2.71. The molecule has 1 aliphatic rings. The molecule has 8 heteroatoms. The lowest BCUT2D eigenvalue weighted by Gasteiger charge is -2.27. The summed E-state index contributed by atoms with van der Waals surface area (Å²) in [7, 11) is 1.81. The fraction of sp³-hybridized carbons (Fsp3) is 0.381. The van der Waals surface area contributed by atoms with Crippen LogP contribution in [0.3, 0.4) is 0 Å². The van der Waals surface area contributed by atoms with Crippen molar-refractivity contribution in [1.29, 1.82) is 0 Å². The van der Waals surface area contributed by atoms with Crippen molar-refractivity contribution in [3.05, 3.63) is 64.7 Å². The molecule has 1 atom stereocenters. The van der Waals surface area contributed by atoms with Crippen LogP contribution in [-0.2, 0) is 6.54 Å². The van der Waals surface area contributed by atoms with Gasteiger partial charge in [-0.2, -0.15) is 5.10 Å². The summed E-state index contributed by atoms with van der Waals surface area (Å²) in [4.78, 5) is 12.8. The summed E-state index contributed by atoms with van der Waals surface area (Å²) in [5.41, 5.74) is 1.13. The zero-order valence-electron chi connectivity index (χ0n) is 16.7. The molecule has 7 nitrogen and oxygen atoms in total. The van der Waals surface area contributed by atoms with Crippen molar-refractivity contribution in [2.24, 2.45) is 4.99 Å². The molecule has 0 aliphatic carbocycles. The highest BCUT2D eigenvalue weighted by atomic mass is 32.1. The first-order valence-electron chi connectivity index (χ1n) is 10.0. The molecular formula is C21H27N7S. The topological polar surface area (TPSA) is 70.4 Å². The highest BCUT2D eigenvalue weighted by Gasteiger charge is 2.24. The number of aromatic nitrogens is 3. The van der Waals surface area contributed by atoms with Crippen molar-refractivity contribution in [3.8, 4) is 5.82 Å². The van der Waals surface area contributed by atoms with Crippen LogP contribution in [0.25, 0.3) is 5.82 Å². The highest BCUT2D eigenvalue weighted by Crippen LogP contribution is 2.27. The fourth-order valence-electron chi connectivity index (χ4n) is 3.64. The minimum atomic E-state index is 0.392. The molecule has 0 spiro atoms.